The maximum atomic E-state index is 12.1. The van der Waals surface area contributed by atoms with E-state index in [1.54, 1.807) is 0 Å². The third kappa shape index (κ3) is 84.9. The summed E-state index contributed by atoms with van der Waals surface area (Å²) in [6.45, 7) is 11.2. The average Bonchev–Trinajstić information content (AvgIpc) is 3.59. The van der Waals surface area contributed by atoms with Gasteiger partial charge in [0.1, 0.15) is 0 Å². The summed E-state index contributed by atoms with van der Waals surface area (Å²) in [5, 5.41) is 11.8. The molecule has 0 heterocycles. The van der Waals surface area contributed by atoms with Crippen LogP contribution in [0.25, 0.3) is 0 Å². The van der Waals surface area contributed by atoms with Crippen LogP contribution in [0.5, 0.6) is 0 Å². The number of amides is 4. The van der Waals surface area contributed by atoms with Crippen LogP contribution in [-0.2, 0) is 19.2 Å². The normalized spacial score (nSPS) is 11.6. The topological polar surface area (TPSA) is 116 Å². The molecule has 92 heavy (non-hydrogen) atoms. The second kappa shape index (κ2) is 83.9. The highest BCUT2D eigenvalue weighted by atomic mass is 16.2. The number of allylic oxidation sites excluding steroid dienone is 8. The van der Waals surface area contributed by atoms with Gasteiger partial charge in [0.2, 0.25) is 23.6 Å². The second-order valence-electron chi connectivity index (χ2n) is 27.6. The van der Waals surface area contributed by atoms with Crippen LogP contribution in [0.15, 0.2) is 48.6 Å². The van der Waals surface area contributed by atoms with Gasteiger partial charge in [-0.2, -0.15) is 0 Å². The maximum absolute atomic E-state index is 12.1. The lowest BCUT2D eigenvalue weighted by Crippen LogP contribution is -2.34. The van der Waals surface area contributed by atoms with Gasteiger partial charge in [-0.1, -0.05) is 333 Å². The van der Waals surface area contributed by atoms with Crippen molar-refractivity contribution >= 4 is 23.6 Å². The Morgan fingerprint density at radius 2 is 0.293 bits per heavy atom. The maximum Gasteiger partial charge on any atom is 0.220 e. The summed E-state index contributed by atoms with van der Waals surface area (Å²) < 4.78 is 0. The zero-order chi connectivity index (χ0) is 66.9. The van der Waals surface area contributed by atoms with Crippen molar-refractivity contribution in [3.8, 4) is 0 Å². The van der Waals surface area contributed by atoms with Gasteiger partial charge in [0, 0.05) is 51.9 Å². The molecular weight excluding hydrogens is 1130 g/mol. The predicted octanol–water partition coefficient (Wildman–Crippen LogP) is 25.7. The van der Waals surface area contributed by atoms with E-state index in [2.05, 4.69) is 97.6 Å². The fourth-order valence-electron chi connectivity index (χ4n) is 12.0. The number of unbranched alkanes of at least 4 members (excludes halogenated alkanes) is 52. The molecule has 0 saturated carbocycles. The molecule has 4 N–H and O–H groups in total. The minimum atomic E-state index is 0.110. The minimum Gasteiger partial charge on any atom is -0.354 e. The molecule has 0 aliphatic carbocycles. The SMILES string of the molecule is CCCCCCCC/C=C\CCCCCCCC(=O)NCCNC(=O)CCCCCCC/C=C\CCCCCCCC.CCCCCCCC/C=C\CCCCCCCCCCCC(=O)NCCNC(=O)CCCCCCCCCCC/C=C\CCCCCCCC. The molecule has 0 unspecified atom stereocenters. The summed E-state index contributed by atoms with van der Waals surface area (Å²) in [6.07, 6.45) is 98.9. The smallest absolute Gasteiger partial charge is 0.220 e. The van der Waals surface area contributed by atoms with Crippen molar-refractivity contribution in [2.24, 2.45) is 0 Å². The molecule has 0 rings (SSSR count). The van der Waals surface area contributed by atoms with Gasteiger partial charge in [0.25, 0.3) is 0 Å². The van der Waals surface area contributed by atoms with Gasteiger partial charge in [-0.15, -0.1) is 0 Å². The van der Waals surface area contributed by atoms with Gasteiger partial charge < -0.3 is 21.3 Å². The standard InChI is InChI=1S/C46H88N2O2.C38H72N2O2/c1-3-5-7-9-11-13-15-17-19-21-23-25-27-29-31-33-35-37-39-41-45(49)47-43-44-48-46(50)42-40-38-36-34-32-30-28-26-24-22-20-18-16-14-12-10-8-6-4-2;1-3-5-7-9-11-13-15-17-19-21-23-25-27-29-31-33-37(41)39-35-36-40-38(42)34-32-30-28-26-24-22-20-18-16-14-12-10-8-6-4-2/h17-20H,3-16,21-44H2,1-2H3,(H,47,49)(H,48,50);17-20H,3-16,21-36H2,1-2H3,(H,39,41)(H,40,42)/b2*19-17-,20-18-. The Balaban J connectivity index is 0. The summed E-state index contributed by atoms with van der Waals surface area (Å²) in [5.74, 6) is 0.463. The average molecular weight is 1290 g/mol. The van der Waals surface area contributed by atoms with E-state index in [0.717, 1.165) is 51.4 Å². The van der Waals surface area contributed by atoms with Gasteiger partial charge >= 0.3 is 0 Å². The van der Waals surface area contributed by atoms with Crippen LogP contribution < -0.4 is 21.3 Å². The summed E-state index contributed by atoms with van der Waals surface area (Å²) in [5.41, 5.74) is 0. The number of hydrogen-bond donors (Lipinski definition) is 4. The lowest BCUT2D eigenvalue weighted by Gasteiger charge is -2.07. The first-order chi connectivity index (χ1) is 45.4. The molecule has 8 nitrogen and oxygen atoms in total. The lowest BCUT2D eigenvalue weighted by atomic mass is 10.1. The van der Waals surface area contributed by atoms with Gasteiger partial charge in [-0.25, -0.2) is 0 Å². The lowest BCUT2D eigenvalue weighted by molar-refractivity contribution is -0.123. The molecule has 0 saturated heterocycles. The van der Waals surface area contributed by atoms with E-state index in [1.165, 1.54) is 334 Å². The summed E-state index contributed by atoms with van der Waals surface area (Å²) in [4.78, 5) is 48.2. The number of nitrogens with one attached hydrogen (secondary N) is 4. The van der Waals surface area contributed by atoms with Crippen LogP contribution >= 0.6 is 0 Å². The number of rotatable bonds is 74. The second-order valence-corrected chi connectivity index (χ2v) is 27.6. The zero-order valence-electron chi connectivity index (χ0n) is 62.3. The Labute approximate surface area is 574 Å². The van der Waals surface area contributed by atoms with E-state index in [1.807, 2.05) is 0 Å². The first kappa shape index (κ1) is 90.9. The molecule has 0 aromatic rings. The minimum absolute atomic E-state index is 0.110. The Kier molecular flexibility index (Phi) is 82.9. The van der Waals surface area contributed by atoms with Crippen LogP contribution in [-0.4, -0.2) is 49.8 Å². The van der Waals surface area contributed by atoms with E-state index in [4.69, 9.17) is 0 Å². The van der Waals surface area contributed by atoms with E-state index < -0.39 is 0 Å². The van der Waals surface area contributed by atoms with E-state index in [0.29, 0.717) is 51.9 Å². The van der Waals surface area contributed by atoms with Gasteiger partial charge in [0.15, 0.2) is 0 Å². The summed E-state index contributed by atoms with van der Waals surface area (Å²) in [7, 11) is 0. The van der Waals surface area contributed by atoms with Crippen molar-refractivity contribution in [3.63, 3.8) is 0 Å². The van der Waals surface area contributed by atoms with Crippen LogP contribution in [0.1, 0.15) is 439 Å². The van der Waals surface area contributed by atoms with E-state index in [9.17, 15) is 19.2 Å². The first-order valence-corrected chi connectivity index (χ1v) is 41.1. The molecule has 0 radical (unpaired) electrons. The monoisotopic (exact) mass is 1290 g/mol. The number of carbonyl (C=O) groups excluding carboxylic acids is 4. The highest BCUT2D eigenvalue weighted by Crippen LogP contribution is 2.17. The zero-order valence-corrected chi connectivity index (χ0v) is 62.3. The highest BCUT2D eigenvalue weighted by molar-refractivity contribution is 5.77. The molecule has 0 aromatic carbocycles. The van der Waals surface area contributed by atoms with Crippen molar-refractivity contribution in [2.45, 2.75) is 439 Å². The van der Waals surface area contributed by atoms with Crippen molar-refractivity contribution in [1.82, 2.24) is 21.3 Å². The Morgan fingerprint density at radius 3 is 0.435 bits per heavy atom. The van der Waals surface area contributed by atoms with E-state index >= 15 is 0 Å². The van der Waals surface area contributed by atoms with Crippen LogP contribution in [0.2, 0.25) is 0 Å². The molecule has 540 valence electrons. The third-order valence-electron chi connectivity index (χ3n) is 18.2. The number of carbonyl (C=O) groups is 4. The third-order valence-corrected chi connectivity index (χ3v) is 18.2. The molecule has 0 bridgehead atoms. The number of hydrogen-bond acceptors (Lipinski definition) is 4. The summed E-state index contributed by atoms with van der Waals surface area (Å²) >= 11 is 0. The van der Waals surface area contributed by atoms with Crippen LogP contribution in [0, 0.1) is 0 Å². The van der Waals surface area contributed by atoms with Crippen LogP contribution in [0.3, 0.4) is 0 Å². The molecule has 0 spiro atoms. The fraction of sp³-hybridized carbons (Fsp3) is 0.857. The molecular formula is C84H160N4O4. The molecule has 0 fully saturated rings. The van der Waals surface area contributed by atoms with Crippen LogP contribution in [0.4, 0.5) is 0 Å². The van der Waals surface area contributed by atoms with Gasteiger partial charge in [-0.05, 0) is 128 Å². The predicted molar refractivity (Wildman–Crippen MR) is 407 cm³/mol. The Morgan fingerprint density at radius 1 is 0.174 bits per heavy atom. The fourth-order valence-corrected chi connectivity index (χ4v) is 12.0. The molecule has 8 heteroatoms. The van der Waals surface area contributed by atoms with Crippen molar-refractivity contribution in [3.05, 3.63) is 48.6 Å². The molecule has 0 aromatic heterocycles. The largest absolute Gasteiger partial charge is 0.354 e. The van der Waals surface area contributed by atoms with Gasteiger partial charge in [-0.3, -0.25) is 19.2 Å². The highest BCUT2D eigenvalue weighted by Gasteiger charge is 2.06. The van der Waals surface area contributed by atoms with Crippen molar-refractivity contribution in [1.29, 1.82) is 0 Å². The Bertz CT molecular complexity index is 1490. The molecule has 4 amide bonds. The van der Waals surface area contributed by atoms with E-state index in [-0.39, 0.29) is 23.6 Å². The van der Waals surface area contributed by atoms with Crippen molar-refractivity contribution < 1.29 is 19.2 Å². The Hall–Kier alpha value is -3.16. The molecule has 0 aliphatic rings. The van der Waals surface area contributed by atoms with Crippen molar-refractivity contribution in [2.75, 3.05) is 26.2 Å². The molecule has 0 atom stereocenters. The van der Waals surface area contributed by atoms with Gasteiger partial charge in [0.05, 0.1) is 0 Å². The molecule has 0 aliphatic heterocycles. The first-order valence-electron chi connectivity index (χ1n) is 41.1. The quantitative estimate of drug-likeness (QED) is 0.0359. The summed E-state index contributed by atoms with van der Waals surface area (Å²) in [6, 6.07) is 0.